The van der Waals surface area contributed by atoms with E-state index in [0.29, 0.717) is 11.1 Å². The van der Waals surface area contributed by atoms with Gasteiger partial charge in [0.2, 0.25) is 11.2 Å². The minimum absolute atomic E-state index is 0.0699. The molecule has 0 atom stereocenters. The van der Waals surface area contributed by atoms with Gasteiger partial charge in [0.25, 0.3) is 5.56 Å². The summed E-state index contributed by atoms with van der Waals surface area (Å²) < 4.78 is 10.9. The molecule has 0 fully saturated rings. The predicted molar refractivity (Wildman–Crippen MR) is 126 cm³/mol. The van der Waals surface area contributed by atoms with Crippen LogP contribution < -0.4 is 15.7 Å². The fourth-order valence-corrected chi connectivity index (χ4v) is 3.80. The number of para-hydroxylation sites is 1. The number of aromatic amines is 2. The van der Waals surface area contributed by atoms with Gasteiger partial charge in [-0.1, -0.05) is 18.2 Å². The number of benzene rings is 2. The van der Waals surface area contributed by atoms with Gasteiger partial charge in [0.05, 0.1) is 12.7 Å². The maximum atomic E-state index is 12.9. The number of hydrogen-bond donors (Lipinski definition) is 4. The van der Waals surface area contributed by atoms with E-state index in [4.69, 9.17) is 9.15 Å². The molecule has 3 aromatic heterocycles. The van der Waals surface area contributed by atoms with Crippen molar-refractivity contribution in [3.63, 3.8) is 0 Å². The topological polar surface area (TPSA) is 141 Å². The SMILES string of the molecule is COc1cc(-c2nc(-c3cc4ccccc4[nH]c3=O)[nH]c2-c2oc(C)cc(=O)c2O)ccc1O. The molecule has 5 rings (SSSR count). The maximum absolute atomic E-state index is 12.9. The molecule has 0 saturated carbocycles. The average molecular weight is 457 g/mol. The Morgan fingerprint density at radius 2 is 1.79 bits per heavy atom. The Hall–Kier alpha value is -4.79. The number of methoxy groups -OCH3 is 1. The van der Waals surface area contributed by atoms with Crippen molar-refractivity contribution in [2.75, 3.05) is 7.11 Å². The van der Waals surface area contributed by atoms with Gasteiger partial charge in [0, 0.05) is 17.1 Å². The summed E-state index contributed by atoms with van der Waals surface area (Å²) in [4.78, 5) is 35.6. The van der Waals surface area contributed by atoms with Crippen LogP contribution in [0.1, 0.15) is 5.76 Å². The van der Waals surface area contributed by atoms with Gasteiger partial charge < -0.3 is 29.3 Å². The number of imidazole rings is 1. The van der Waals surface area contributed by atoms with Crippen LogP contribution in [0.25, 0.3) is 45.0 Å². The fourth-order valence-electron chi connectivity index (χ4n) is 3.80. The molecule has 0 unspecified atom stereocenters. The molecule has 0 radical (unpaired) electrons. The van der Waals surface area contributed by atoms with Crippen molar-refractivity contribution in [2.45, 2.75) is 6.92 Å². The fraction of sp³-hybridized carbons (Fsp3) is 0.0800. The summed E-state index contributed by atoms with van der Waals surface area (Å²) in [5.74, 6) is -0.103. The van der Waals surface area contributed by atoms with Gasteiger partial charge >= 0.3 is 0 Å². The van der Waals surface area contributed by atoms with Crippen molar-refractivity contribution >= 4 is 10.9 Å². The summed E-state index contributed by atoms with van der Waals surface area (Å²) in [6, 6.07) is 14.8. The quantitative estimate of drug-likeness (QED) is 0.320. The van der Waals surface area contributed by atoms with Crippen LogP contribution in [-0.2, 0) is 0 Å². The average Bonchev–Trinajstić information content (AvgIpc) is 3.26. The highest BCUT2D eigenvalue weighted by Gasteiger charge is 2.23. The Morgan fingerprint density at radius 3 is 2.59 bits per heavy atom. The lowest BCUT2D eigenvalue weighted by Gasteiger charge is -2.08. The number of phenols is 1. The molecular formula is C25H19N3O6. The second-order valence-electron chi connectivity index (χ2n) is 7.69. The van der Waals surface area contributed by atoms with E-state index >= 15 is 0 Å². The number of aromatic hydroxyl groups is 2. The van der Waals surface area contributed by atoms with E-state index in [2.05, 4.69) is 15.0 Å². The van der Waals surface area contributed by atoms with E-state index in [1.54, 1.807) is 31.2 Å². The Morgan fingerprint density at radius 1 is 1.00 bits per heavy atom. The van der Waals surface area contributed by atoms with Crippen LogP contribution in [0, 0.1) is 6.92 Å². The van der Waals surface area contributed by atoms with Crippen LogP contribution in [0.15, 0.2) is 68.6 Å². The Bertz CT molecular complexity index is 1680. The first-order valence-electron chi connectivity index (χ1n) is 10.3. The molecule has 170 valence electrons. The molecule has 0 bridgehead atoms. The molecule has 0 aliphatic heterocycles. The minimum atomic E-state index is -0.618. The molecule has 9 heteroatoms. The highest BCUT2D eigenvalue weighted by molar-refractivity contribution is 5.85. The number of H-pyrrole nitrogens is 2. The van der Waals surface area contributed by atoms with Crippen LogP contribution in [0.3, 0.4) is 0 Å². The summed E-state index contributed by atoms with van der Waals surface area (Å²) in [5.41, 5.74) is 0.906. The molecular weight excluding hydrogens is 438 g/mol. The lowest BCUT2D eigenvalue weighted by Crippen LogP contribution is -2.09. The van der Waals surface area contributed by atoms with Gasteiger partial charge in [-0.3, -0.25) is 9.59 Å². The number of rotatable bonds is 4. The van der Waals surface area contributed by atoms with E-state index in [1.807, 2.05) is 18.2 Å². The molecule has 9 nitrogen and oxygen atoms in total. The van der Waals surface area contributed by atoms with Crippen LogP contribution in [0.5, 0.6) is 17.2 Å². The number of pyridine rings is 1. The van der Waals surface area contributed by atoms with Gasteiger partial charge in [-0.15, -0.1) is 0 Å². The highest BCUT2D eigenvalue weighted by Crippen LogP contribution is 2.39. The van der Waals surface area contributed by atoms with E-state index in [0.717, 1.165) is 5.39 Å². The van der Waals surface area contributed by atoms with Crippen LogP contribution in [0.2, 0.25) is 0 Å². The number of nitrogens with one attached hydrogen (secondary N) is 2. The molecule has 34 heavy (non-hydrogen) atoms. The number of fused-ring (bicyclic) bond motifs is 1. The number of aromatic nitrogens is 3. The zero-order chi connectivity index (χ0) is 24.0. The van der Waals surface area contributed by atoms with E-state index in [-0.39, 0.29) is 51.4 Å². The second kappa shape index (κ2) is 7.96. The number of ether oxygens (including phenoxy) is 1. The lowest BCUT2D eigenvalue weighted by molar-refractivity contribution is 0.373. The molecule has 5 aromatic rings. The van der Waals surface area contributed by atoms with Gasteiger partial charge in [0.15, 0.2) is 17.3 Å². The first kappa shape index (κ1) is 21.1. The molecule has 0 spiro atoms. The number of hydrogen-bond acceptors (Lipinski definition) is 7. The summed E-state index contributed by atoms with van der Waals surface area (Å²) in [5, 5.41) is 21.3. The first-order valence-corrected chi connectivity index (χ1v) is 10.3. The first-order chi connectivity index (χ1) is 16.4. The van der Waals surface area contributed by atoms with Crippen molar-refractivity contribution in [3.8, 4) is 51.3 Å². The Balaban J connectivity index is 1.80. The highest BCUT2D eigenvalue weighted by atomic mass is 16.5. The third-order valence-corrected chi connectivity index (χ3v) is 5.44. The normalized spacial score (nSPS) is 11.1. The number of nitrogens with zero attached hydrogens (tertiary/aromatic N) is 1. The summed E-state index contributed by atoms with van der Waals surface area (Å²) >= 11 is 0. The zero-order valence-corrected chi connectivity index (χ0v) is 18.2. The lowest BCUT2D eigenvalue weighted by atomic mass is 10.1. The number of aryl methyl sites for hydroxylation is 1. The maximum Gasteiger partial charge on any atom is 0.259 e. The molecule has 3 heterocycles. The third kappa shape index (κ3) is 3.49. The molecule has 4 N–H and O–H groups in total. The molecule has 0 amide bonds. The smallest absolute Gasteiger partial charge is 0.259 e. The Kier molecular flexibility index (Phi) is 4.94. The molecule has 0 saturated heterocycles. The van der Waals surface area contributed by atoms with Gasteiger partial charge in [-0.2, -0.15) is 0 Å². The third-order valence-electron chi connectivity index (χ3n) is 5.44. The minimum Gasteiger partial charge on any atom is -0.504 e. The monoisotopic (exact) mass is 457 g/mol. The van der Waals surface area contributed by atoms with Gasteiger partial charge in [0.1, 0.15) is 23.0 Å². The summed E-state index contributed by atoms with van der Waals surface area (Å²) in [6.45, 7) is 1.58. The largest absolute Gasteiger partial charge is 0.504 e. The summed E-state index contributed by atoms with van der Waals surface area (Å²) in [6.07, 6.45) is 0. The predicted octanol–water partition coefficient (Wildman–Crippen LogP) is 3.93. The van der Waals surface area contributed by atoms with E-state index < -0.39 is 11.2 Å². The van der Waals surface area contributed by atoms with Crippen molar-refractivity contribution in [2.24, 2.45) is 0 Å². The summed E-state index contributed by atoms with van der Waals surface area (Å²) in [7, 11) is 1.41. The van der Waals surface area contributed by atoms with Crippen LogP contribution in [0.4, 0.5) is 0 Å². The molecule has 0 aliphatic carbocycles. The van der Waals surface area contributed by atoms with Gasteiger partial charge in [-0.05, 0) is 42.6 Å². The molecule has 0 aliphatic rings. The zero-order valence-electron chi connectivity index (χ0n) is 18.2. The Labute approximate surface area is 191 Å². The standard InChI is InChI=1S/C25H19N3O6/c1-12-9-18(30)22(31)23(34-12)21-20(14-7-8-17(29)19(11-14)33-2)27-24(28-21)15-10-13-5-3-4-6-16(13)26-25(15)32/h3-11,29,31H,1-2H3,(H,26,32)(H,27,28). The van der Waals surface area contributed by atoms with E-state index in [1.165, 1.54) is 19.2 Å². The second-order valence-corrected chi connectivity index (χ2v) is 7.69. The van der Waals surface area contributed by atoms with Crippen molar-refractivity contribution in [1.82, 2.24) is 15.0 Å². The number of phenolic OH excluding ortho intramolecular Hbond substituents is 1. The van der Waals surface area contributed by atoms with E-state index in [9.17, 15) is 19.8 Å². The van der Waals surface area contributed by atoms with Crippen LogP contribution >= 0.6 is 0 Å². The van der Waals surface area contributed by atoms with Crippen LogP contribution in [-0.4, -0.2) is 32.3 Å². The van der Waals surface area contributed by atoms with Crippen molar-refractivity contribution in [3.05, 3.63) is 80.9 Å². The van der Waals surface area contributed by atoms with Crippen molar-refractivity contribution < 1.29 is 19.4 Å². The molecule has 2 aromatic carbocycles. The van der Waals surface area contributed by atoms with Gasteiger partial charge in [-0.25, -0.2) is 4.98 Å². The van der Waals surface area contributed by atoms with Crippen molar-refractivity contribution in [1.29, 1.82) is 0 Å².